The lowest BCUT2D eigenvalue weighted by atomic mass is 9.71. The number of hydrogen-bond donors (Lipinski definition) is 1. The monoisotopic (exact) mass is 289 g/mol. The second-order valence-corrected chi connectivity index (χ2v) is 6.81. The number of guanidine groups is 1. The molecule has 1 aromatic rings. The van der Waals surface area contributed by atoms with Gasteiger partial charge in [-0.15, -0.1) is 0 Å². The van der Waals surface area contributed by atoms with Crippen molar-refractivity contribution in [2.24, 2.45) is 22.6 Å². The second kappa shape index (κ2) is 5.32. The molecule has 0 radical (unpaired) electrons. The number of aliphatic imine (C=N–C) groups is 1. The van der Waals surface area contributed by atoms with Gasteiger partial charge in [0.2, 0.25) is 0 Å². The van der Waals surface area contributed by atoms with Crippen LogP contribution in [0, 0.1) is 17.7 Å². The first kappa shape index (κ1) is 14.4. The van der Waals surface area contributed by atoms with Crippen LogP contribution in [0.15, 0.2) is 29.3 Å². The third kappa shape index (κ3) is 2.52. The van der Waals surface area contributed by atoms with E-state index in [1.165, 1.54) is 25.0 Å². The minimum absolute atomic E-state index is 0.00486. The quantitative estimate of drug-likeness (QED) is 0.904. The maximum absolute atomic E-state index is 13.2. The van der Waals surface area contributed by atoms with Crippen molar-refractivity contribution in [2.45, 2.75) is 45.1 Å². The van der Waals surface area contributed by atoms with Gasteiger partial charge in [-0.2, -0.15) is 0 Å². The SMILES string of the molecule is CC(C)C1CCCC2(CN=C(N)N2c2ccc(F)cc2)C1. The molecule has 1 fully saturated rings. The Balaban J connectivity index is 1.92. The molecule has 1 aliphatic heterocycles. The number of rotatable bonds is 2. The van der Waals surface area contributed by atoms with Crippen molar-refractivity contribution in [2.75, 3.05) is 11.4 Å². The van der Waals surface area contributed by atoms with E-state index in [0.29, 0.717) is 17.8 Å². The highest BCUT2D eigenvalue weighted by molar-refractivity contribution is 5.98. The molecule has 1 aliphatic carbocycles. The van der Waals surface area contributed by atoms with E-state index in [9.17, 15) is 4.39 Å². The molecule has 2 N–H and O–H groups in total. The summed E-state index contributed by atoms with van der Waals surface area (Å²) in [6.45, 7) is 5.36. The van der Waals surface area contributed by atoms with Crippen LogP contribution in [0.25, 0.3) is 0 Å². The van der Waals surface area contributed by atoms with Gasteiger partial charge in [-0.3, -0.25) is 4.99 Å². The van der Waals surface area contributed by atoms with Gasteiger partial charge < -0.3 is 10.6 Å². The minimum atomic E-state index is -0.216. The Morgan fingerprint density at radius 1 is 1.33 bits per heavy atom. The van der Waals surface area contributed by atoms with Crippen molar-refractivity contribution < 1.29 is 4.39 Å². The number of nitrogens with zero attached hydrogens (tertiary/aromatic N) is 2. The van der Waals surface area contributed by atoms with Gasteiger partial charge in [0, 0.05) is 5.69 Å². The van der Waals surface area contributed by atoms with Gasteiger partial charge >= 0.3 is 0 Å². The average molecular weight is 289 g/mol. The molecule has 0 amide bonds. The fourth-order valence-electron chi connectivity index (χ4n) is 3.91. The second-order valence-electron chi connectivity index (χ2n) is 6.81. The molecule has 114 valence electrons. The van der Waals surface area contributed by atoms with E-state index in [4.69, 9.17) is 5.73 Å². The summed E-state index contributed by atoms with van der Waals surface area (Å²) in [6.07, 6.45) is 4.73. The van der Waals surface area contributed by atoms with Crippen LogP contribution in [0.2, 0.25) is 0 Å². The van der Waals surface area contributed by atoms with E-state index in [1.54, 1.807) is 0 Å². The summed E-state index contributed by atoms with van der Waals surface area (Å²) in [6, 6.07) is 6.61. The van der Waals surface area contributed by atoms with Crippen LogP contribution in [0.4, 0.5) is 10.1 Å². The van der Waals surface area contributed by atoms with Crippen molar-refractivity contribution in [1.82, 2.24) is 0 Å². The summed E-state index contributed by atoms with van der Waals surface area (Å²) in [5, 5.41) is 0. The number of halogens is 1. The molecule has 0 saturated heterocycles. The fourth-order valence-corrected chi connectivity index (χ4v) is 3.91. The molecule has 3 nitrogen and oxygen atoms in total. The highest BCUT2D eigenvalue weighted by Crippen LogP contribution is 2.44. The molecule has 1 aromatic carbocycles. The Bertz CT molecular complexity index is 537. The number of nitrogens with two attached hydrogens (primary N) is 1. The van der Waals surface area contributed by atoms with E-state index in [-0.39, 0.29) is 11.4 Å². The molecular formula is C17H24FN3. The topological polar surface area (TPSA) is 41.6 Å². The van der Waals surface area contributed by atoms with Crippen LogP contribution < -0.4 is 10.6 Å². The van der Waals surface area contributed by atoms with Gasteiger partial charge in [0.15, 0.2) is 5.96 Å². The molecule has 2 unspecified atom stereocenters. The molecule has 2 atom stereocenters. The lowest BCUT2D eigenvalue weighted by Gasteiger charge is -2.45. The largest absolute Gasteiger partial charge is 0.369 e. The van der Waals surface area contributed by atoms with Crippen LogP contribution in [-0.2, 0) is 0 Å². The summed E-state index contributed by atoms with van der Waals surface area (Å²) in [5.41, 5.74) is 7.11. The summed E-state index contributed by atoms with van der Waals surface area (Å²) < 4.78 is 13.2. The first-order valence-corrected chi connectivity index (χ1v) is 7.87. The molecule has 3 rings (SSSR count). The Kier molecular flexibility index (Phi) is 3.64. The van der Waals surface area contributed by atoms with Gasteiger partial charge in [0.1, 0.15) is 5.82 Å². The maximum Gasteiger partial charge on any atom is 0.196 e. The van der Waals surface area contributed by atoms with Crippen molar-refractivity contribution in [3.8, 4) is 0 Å². The standard InChI is InChI=1S/C17H24FN3/c1-12(2)13-4-3-9-17(10-13)11-20-16(19)21(17)15-7-5-14(18)6-8-15/h5-8,12-13H,3-4,9-11H2,1-2H3,(H2,19,20). The Hall–Kier alpha value is -1.58. The lowest BCUT2D eigenvalue weighted by molar-refractivity contribution is 0.195. The molecule has 0 aromatic heterocycles. The minimum Gasteiger partial charge on any atom is -0.369 e. The summed E-state index contributed by atoms with van der Waals surface area (Å²) in [7, 11) is 0. The molecule has 2 aliphatic rings. The summed E-state index contributed by atoms with van der Waals surface area (Å²) in [5.74, 6) is 1.75. The molecule has 1 heterocycles. The zero-order valence-electron chi connectivity index (χ0n) is 12.8. The van der Waals surface area contributed by atoms with Crippen LogP contribution >= 0.6 is 0 Å². The normalized spacial score (nSPS) is 29.2. The van der Waals surface area contributed by atoms with E-state index in [0.717, 1.165) is 25.1 Å². The summed E-state index contributed by atoms with van der Waals surface area (Å²) in [4.78, 5) is 6.67. The summed E-state index contributed by atoms with van der Waals surface area (Å²) >= 11 is 0. The molecule has 1 saturated carbocycles. The first-order valence-electron chi connectivity index (χ1n) is 7.87. The van der Waals surface area contributed by atoms with E-state index < -0.39 is 0 Å². The molecule has 21 heavy (non-hydrogen) atoms. The average Bonchev–Trinajstić information content (AvgIpc) is 2.77. The van der Waals surface area contributed by atoms with E-state index in [2.05, 4.69) is 23.7 Å². The van der Waals surface area contributed by atoms with Crippen molar-refractivity contribution in [3.63, 3.8) is 0 Å². The van der Waals surface area contributed by atoms with Crippen molar-refractivity contribution >= 4 is 11.6 Å². The number of anilines is 1. The first-order chi connectivity index (χ1) is 10.0. The maximum atomic E-state index is 13.2. The van der Waals surface area contributed by atoms with Gasteiger partial charge in [0.25, 0.3) is 0 Å². The Morgan fingerprint density at radius 2 is 2.05 bits per heavy atom. The third-order valence-electron chi connectivity index (χ3n) is 5.13. The third-order valence-corrected chi connectivity index (χ3v) is 5.13. The fraction of sp³-hybridized carbons (Fsp3) is 0.588. The van der Waals surface area contributed by atoms with E-state index >= 15 is 0 Å². The van der Waals surface area contributed by atoms with Crippen molar-refractivity contribution in [1.29, 1.82) is 0 Å². The van der Waals surface area contributed by atoms with Crippen molar-refractivity contribution in [3.05, 3.63) is 30.1 Å². The van der Waals surface area contributed by atoms with Crippen LogP contribution in [0.3, 0.4) is 0 Å². The van der Waals surface area contributed by atoms with Crippen LogP contribution in [0.1, 0.15) is 39.5 Å². The van der Waals surface area contributed by atoms with Gasteiger partial charge in [-0.05, 0) is 48.9 Å². The molecular weight excluding hydrogens is 265 g/mol. The molecule has 0 bridgehead atoms. The number of hydrogen-bond acceptors (Lipinski definition) is 3. The lowest BCUT2D eigenvalue weighted by Crippen LogP contribution is -2.54. The van der Waals surface area contributed by atoms with Gasteiger partial charge in [-0.1, -0.05) is 26.7 Å². The van der Waals surface area contributed by atoms with Gasteiger partial charge in [0.05, 0.1) is 12.1 Å². The Labute approximate surface area is 126 Å². The predicted molar refractivity (Wildman–Crippen MR) is 84.9 cm³/mol. The molecule has 1 spiro atoms. The smallest absolute Gasteiger partial charge is 0.196 e. The Morgan fingerprint density at radius 3 is 2.71 bits per heavy atom. The van der Waals surface area contributed by atoms with Crippen LogP contribution in [-0.4, -0.2) is 18.0 Å². The number of benzene rings is 1. The molecule has 4 heteroatoms. The van der Waals surface area contributed by atoms with E-state index in [1.807, 2.05) is 12.1 Å². The van der Waals surface area contributed by atoms with Crippen LogP contribution in [0.5, 0.6) is 0 Å². The zero-order valence-corrected chi connectivity index (χ0v) is 12.8. The zero-order chi connectivity index (χ0) is 15.0. The van der Waals surface area contributed by atoms with Gasteiger partial charge in [-0.25, -0.2) is 4.39 Å². The highest BCUT2D eigenvalue weighted by atomic mass is 19.1. The predicted octanol–water partition coefficient (Wildman–Crippen LogP) is 3.55. The highest BCUT2D eigenvalue weighted by Gasteiger charge is 2.46.